The molecule has 0 unspecified atom stereocenters. The number of anilines is 3. The van der Waals surface area contributed by atoms with Crippen molar-refractivity contribution in [1.29, 1.82) is 5.26 Å². The van der Waals surface area contributed by atoms with Gasteiger partial charge in [0.25, 0.3) is 11.8 Å². The maximum Gasteiger partial charge on any atom is 0.257 e. The molecule has 2 amide bonds. The summed E-state index contributed by atoms with van der Waals surface area (Å²) in [5.74, 6) is -0.754. The van der Waals surface area contributed by atoms with Crippen LogP contribution in [0, 0.1) is 11.3 Å². The zero-order valence-electron chi connectivity index (χ0n) is 16.0. The lowest BCUT2D eigenvalue weighted by atomic mass is 10.1. The van der Waals surface area contributed by atoms with Crippen LogP contribution < -0.4 is 15.5 Å². The van der Waals surface area contributed by atoms with Crippen molar-refractivity contribution in [3.8, 4) is 6.07 Å². The number of carbonyl (C=O) groups is 2. The molecule has 7 nitrogen and oxygen atoms in total. The van der Waals surface area contributed by atoms with Crippen LogP contribution >= 0.6 is 0 Å². The molecule has 0 saturated carbocycles. The highest BCUT2D eigenvalue weighted by molar-refractivity contribution is 6.08. The molecule has 2 N–H and O–H groups in total. The first-order valence-electron chi connectivity index (χ1n) is 8.81. The predicted molar refractivity (Wildman–Crippen MR) is 112 cm³/mol. The fourth-order valence-corrected chi connectivity index (χ4v) is 2.57. The summed E-state index contributed by atoms with van der Waals surface area (Å²) < 4.78 is 0. The van der Waals surface area contributed by atoms with Crippen LogP contribution in [0.15, 0.2) is 67.0 Å². The Morgan fingerprint density at radius 2 is 1.34 bits per heavy atom. The van der Waals surface area contributed by atoms with Gasteiger partial charge in [0.1, 0.15) is 0 Å². The van der Waals surface area contributed by atoms with Crippen molar-refractivity contribution in [3.05, 3.63) is 83.7 Å². The largest absolute Gasteiger partial charge is 0.378 e. The second-order valence-electron chi connectivity index (χ2n) is 6.50. The van der Waals surface area contributed by atoms with Gasteiger partial charge in [-0.15, -0.1) is 0 Å². The van der Waals surface area contributed by atoms with Gasteiger partial charge >= 0.3 is 0 Å². The Kier molecular flexibility index (Phi) is 5.85. The van der Waals surface area contributed by atoms with E-state index >= 15 is 0 Å². The average molecular weight is 385 g/mol. The third-order valence-electron chi connectivity index (χ3n) is 4.18. The van der Waals surface area contributed by atoms with E-state index in [-0.39, 0.29) is 17.0 Å². The van der Waals surface area contributed by atoms with E-state index < -0.39 is 5.91 Å². The van der Waals surface area contributed by atoms with Crippen LogP contribution in [0.5, 0.6) is 0 Å². The third-order valence-corrected chi connectivity index (χ3v) is 4.18. The number of hydrogen-bond acceptors (Lipinski definition) is 5. The molecule has 7 heteroatoms. The van der Waals surface area contributed by atoms with E-state index in [1.165, 1.54) is 18.5 Å². The van der Waals surface area contributed by atoms with Gasteiger partial charge in [-0.25, -0.2) is 0 Å². The summed E-state index contributed by atoms with van der Waals surface area (Å²) in [6.07, 6.45) is 2.80. The van der Waals surface area contributed by atoms with Gasteiger partial charge in [0.05, 0.1) is 22.8 Å². The minimum atomic E-state index is -0.396. The quantitative estimate of drug-likeness (QED) is 0.700. The van der Waals surface area contributed by atoms with Crippen molar-refractivity contribution in [2.24, 2.45) is 0 Å². The van der Waals surface area contributed by atoms with Gasteiger partial charge in [0, 0.05) is 43.6 Å². The van der Waals surface area contributed by atoms with Gasteiger partial charge < -0.3 is 15.5 Å². The Morgan fingerprint density at radius 1 is 0.862 bits per heavy atom. The van der Waals surface area contributed by atoms with Crippen LogP contribution in [0.1, 0.15) is 26.3 Å². The molecule has 144 valence electrons. The number of hydrogen-bond donors (Lipinski definition) is 2. The number of nitrogens with zero attached hydrogens (tertiary/aromatic N) is 3. The van der Waals surface area contributed by atoms with Crippen LogP contribution in [-0.4, -0.2) is 30.9 Å². The lowest BCUT2D eigenvalue weighted by molar-refractivity contribution is 0.102. The smallest absolute Gasteiger partial charge is 0.257 e. The van der Waals surface area contributed by atoms with Gasteiger partial charge in [0.15, 0.2) is 0 Å². The Hall–Kier alpha value is -4.18. The number of nitriles is 1. The lowest BCUT2D eigenvalue weighted by Gasteiger charge is -2.13. The Bertz CT molecular complexity index is 1070. The SMILES string of the molecule is CN(C)c1ccc(NC(=O)c2cncc(C(=O)Nc3ccc(C#N)cc3)c2)cc1. The van der Waals surface area contributed by atoms with E-state index in [9.17, 15) is 9.59 Å². The summed E-state index contributed by atoms with van der Waals surface area (Å²) in [6.45, 7) is 0. The second kappa shape index (κ2) is 8.67. The van der Waals surface area contributed by atoms with Crippen molar-refractivity contribution in [2.75, 3.05) is 29.6 Å². The van der Waals surface area contributed by atoms with E-state index in [0.29, 0.717) is 16.9 Å². The molecule has 0 saturated heterocycles. The molecule has 0 spiro atoms. The molecule has 1 heterocycles. The molecule has 0 atom stereocenters. The van der Waals surface area contributed by atoms with Crippen molar-refractivity contribution in [2.45, 2.75) is 0 Å². The minimum Gasteiger partial charge on any atom is -0.378 e. The van der Waals surface area contributed by atoms with Gasteiger partial charge in [-0.05, 0) is 54.6 Å². The molecule has 29 heavy (non-hydrogen) atoms. The molecule has 1 aromatic heterocycles. The summed E-state index contributed by atoms with van der Waals surface area (Å²) in [6, 6.07) is 17.4. The number of carbonyl (C=O) groups excluding carboxylic acids is 2. The van der Waals surface area contributed by atoms with Gasteiger partial charge in [0.2, 0.25) is 0 Å². The first-order valence-corrected chi connectivity index (χ1v) is 8.81. The molecule has 0 radical (unpaired) electrons. The molecule has 2 aromatic carbocycles. The molecule has 0 fully saturated rings. The molecule has 3 aromatic rings. The second-order valence-corrected chi connectivity index (χ2v) is 6.50. The van der Waals surface area contributed by atoms with Crippen LogP contribution in [0.25, 0.3) is 0 Å². The number of benzene rings is 2. The van der Waals surface area contributed by atoms with Crippen molar-refractivity contribution in [1.82, 2.24) is 4.98 Å². The van der Waals surface area contributed by atoms with Gasteiger partial charge in [-0.2, -0.15) is 5.26 Å². The molecule has 3 rings (SSSR count). The van der Waals surface area contributed by atoms with Crippen LogP contribution in [0.3, 0.4) is 0 Å². The first kappa shape index (κ1) is 19.6. The van der Waals surface area contributed by atoms with E-state index in [4.69, 9.17) is 5.26 Å². The number of rotatable bonds is 5. The Labute approximate surface area is 168 Å². The monoisotopic (exact) mass is 385 g/mol. The normalized spacial score (nSPS) is 9.97. The van der Waals surface area contributed by atoms with Gasteiger partial charge in [-0.1, -0.05) is 0 Å². The highest BCUT2D eigenvalue weighted by Crippen LogP contribution is 2.17. The van der Waals surface area contributed by atoms with Crippen LogP contribution in [0.4, 0.5) is 17.1 Å². The Balaban J connectivity index is 1.69. The van der Waals surface area contributed by atoms with E-state index in [2.05, 4.69) is 15.6 Å². The fourth-order valence-electron chi connectivity index (χ4n) is 2.57. The molecular weight excluding hydrogens is 366 g/mol. The van der Waals surface area contributed by atoms with Crippen molar-refractivity contribution < 1.29 is 9.59 Å². The number of pyridine rings is 1. The number of amides is 2. The van der Waals surface area contributed by atoms with Crippen LogP contribution in [-0.2, 0) is 0 Å². The van der Waals surface area contributed by atoms with Gasteiger partial charge in [-0.3, -0.25) is 14.6 Å². The average Bonchev–Trinajstić information content (AvgIpc) is 2.74. The fraction of sp³-hybridized carbons (Fsp3) is 0.0909. The lowest BCUT2D eigenvalue weighted by Crippen LogP contribution is -2.16. The molecule has 0 bridgehead atoms. The molecule has 0 aliphatic heterocycles. The van der Waals surface area contributed by atoms with Crippen LogP contribution in [0.2, 0.25) is 0 Å². The highest BCUT2D eigenvalue weighted by Gasteiger charge is 2.12. The summed E-state index contributed by atoms with van der Waals surface area (Å²) in [4.78, 5) is 30.9. The molecule has 0 aliphatic rings. The van der Waals surface area contributed by atoms with Crippen molar-refractivity contribution in [3.63, 3.8) is 0 Å². The summed E-state index contributed by atoms with van der Waals surface area (Å²) >= 11 is 0. The summed E-state index contributed by atoms with van der Waals surface area (Å²) in [7, 11) is 3.88. The standard InChI is InChI=1S/C22H19N5O2/c1-27(2)20-9-7-19(8-10-20)26-22(29)17-11-16(13-24-14-17)21(28)25-18-5-3-15(12-23)4-6-18/h3-11,13-14H,1-2H3,(H,25,28)(H,26,29). The summed E-state index contributed by atoms with van der Waals surface area (Å²) in [5, 5.41) is 14.3. The summed E-state index contributed by atoms with van der Waals surface area (Å²) in [5.41, 5.74) is 3.24. The maximum atomic E-state index is 12.5. The number of aromatic nitrogens is 1. The molecule has 0 aliphatic carbocycles. The zero-order valence-corrected chi connectivity index (χ0v) is 16.0. The minimum absolute atomic E-state index is 0.255. The molecular formula is C22H19N5O2. The van der Waals surface area contributed by atoms with E-state index in [1.807, 2.05) is 49.3 Å². The zero-order chi connectivity index (χ0) is 20.8. The number of nitrogens with one attached hydrogen (secondary N) is 2. The van der Waals surface area contributed by atoms with E-state index in [0.717, 1.165) is 5.69 Å². The first-order chi connectivity index (χ1) is 14.0. The topological polar surface area (TPSA) is 98.1 Å². The maximum absolute atomic E-state index is 12.5. The van der Waals surface area contributed by atoms with Crippen molar-refractivity contribution >= 4 is 28.9 Å². The Morgan fingerprint density at radius 3 is 1.79 bits per heavy atom. The highest BCUT2D eigenvalue weighted by atomic mass is 16.2. The third kappa shape index (κ3) is 4.96. The predicted octanol–water partition coefficient (Wildman–Crippen LogP) is 3.52. The van der Waals surface area contributed by atoms with E-state index in [1.54, 1.807) is 24.3 Å².